The van der Waals surface area contributed by atoms with Gasteiger partial charge in [0.15, 0.2) is 0 Å². The maximum absolute atomic E-state index is 13.9. The van der Waals surface area contributed by atoms with E-state index in [0.717, 1.165) is 12.3 Å². The summed E-state index contributed by atoms with van der Waals surface area (Å²) in [5.41, 5.74) is -1.27. The van der Waals surface area contributed by atoms with Crippen LogP contribution in [-0.2, 0) is 16.6 Å². The molecule has 0 aliphatic carbocycles. The molecule has 3 aromatic rings. The van der Waals surface area contributed by atoms with Gasteiger partial charge in [-0.1, -0.05) is 13.8 Å². The molecule has 1 aliphatic rings. The van der Waals surface area contributed by atoms with E-state index in [1.807, 2.05) is 36.4 Å². The third-order valence-corrected chi connectivity index (χ3v) is 6.89. The van der Waals surface area contributed by atoms with E-state index in [2.05, 4.69) is 10.0 Å². The zero-order chi connectivity index (χ0) is 21.8. The van der Waals surface area contributed by atoms with Crippen LogP contribution in [0.5, 0.6) is 0 Å². The summed E-state index contributed by atoms with van der Waals surface area (Å²) < 4.78 is 44.9. The Kier molecular flexibility index (Phi) is 5.12. The molecule has 0 unspecified atom stereocenters. The number of fused-ring (bicyclic) bond motifs is 2. The average Bonchev–Trinajstić information content (AvgIpc) is 3.03. The molecule has 4 rings (SSSR count). The highest BCUT2D eigenvalue weighted by molar-refractivity contribution is 14.1. The maximum atomic E-state index is 13.9. The van der Waals surface area contributed by atoms with Gasteiger partial charge >= 0.3 is 0 Å². The van der Waals surface area contributed by atoms with Crippen molar-refractivity contribution in [2.75, 3.05) is 5.32 Å². The molecule has 158 valence electrons. The van der Waals surface area contributed by atoms with Gasteiger partial charge in [0.25, 0.3) is 15.6 Å². The summed E-state index contributed by atoms with van der Waals surface area (Å²) in [6.45, 7) is 4.19. The van der Waals surface area contributed by atoms with Crippen LogP contribution in [0.3, 0.4) is 0 Å². The Morgan fingerprint density at radius 1 is 1.20 bits per heavy atom. The van der Waals surface area contributed by atoms with E-state index in [0.29, 0.717) is 9.99 Å². The van der Waals surface area contributed by atoms with Crippen molar-refractivity contribution in [3.63, 3.8) is 0 Å². The maximum Gasteiger partial charge on any atom is 0.280 e. The van der Waals surface area contributed by atoms with E-state index in [4.69, 9.17) is 0 Å². The minimum Gasteiger partial charge on any atom is -0.339 e. The number of aromatic nitrogens is 2. The van der Waals surface area contributed by atoms with E-state index >= 15 is 0 Å². The number of nitrogens with one attached hydrogen (secondary N) is 2. The predicted octanol–water partition coefficient (Wildman–Crippen LogP) is 1.44. The average molecular weight is 544 g/mol. The summed E-state index contributed by atoms with van der Waals surface area (Å²) in [5.74, 6) is -0.638. The number of hydrogen-bond donors (Lipinski definition) is 2. The molecule has 11 heteroatoms. The highest BCUT2D eigenvalue weighted by Gasteiger charge is 2.28. The van der Waals surface area contributed by atoms with Gasteiger partial charge in [-0.25, -0.2) is 17.5 Å². The van der Waals surface area contributed by atoms with Crippen molar-refractivity contribution in [1.82, 2.24) is 13.9 Å². The Balaban J connectivity index is 2.06. The van der Waals surface area contributed by atoms with Gasteiger partial charge in [-0.3, -0.25) is 18.8 Å². The number of sulfonamides is 1. The lowest BCUT2D eigenvalue weighted by molar-refractivity contribution is 0.453. The molecule has 0 spiro atoms. The normalized spacial score (nSPS) is 17.0. The van der Waals surface area contributed by atoms with Crippen LogP contribution in [0.4, 0.5) is 10.1 Å². The third kappa shape index (κ3) is 3.49. The Morgan fingerprint density at radius 2 is 1.93 bits per heavy atom. The monoisotopic (exact) mass is 544 g/mol. The van der Waals surface area contributed by atoms with Crippen molar-refractivity contribution < 1.29 is 12.8 Å². The van der Waals surface area contributed by atoms with Gasteiger partial charge in [0.05, 0.1) is 11.9 Å². The quantitative estimate of drug-likeness (QED) is 0.487. The zero-order valence-electron chi connectivity index (χ0n) is 16.1. The van der Waals surface area contributed by atoms with Crippen LogP contribution in [0, 0.1) is 15.3 Å². The first-order valence-corrected chi connectivity index (χ1v) is 11.7. The van der Waals surface area contributed by atoms with Crippen molar-refractivity contribution in [2.24, 2.45) is 5.92 Å². The molecule has 8 nitrogen and oxygen atoms in total. The molecule has 3 heterocycles. The Morgan fingerprint density at radius 3 is 2.63 bits per heavy atom. The van der Waals surface area contributed by atoms with Gasteiger partial charge in [-0.15, -0.1) is 0 Å². The first-order valence-electron chi connectivity index (χ1n) is 9.17. The number of nitrogens with zero attached hydrogens (tertiary/aromatic N) is 2. The predicted molar refractivity (Wildman–Crippen MR) is 119 cm³/mol. The summed E-state index contributed by atoms with van der Waals surface area (Å²) in [5, 5.41) is 2.47. The molecule has 0 radical (unpaired) electrons. The number of benzene rings is 1. The van der Waals surface area contributed by atoms with Crippen molar-refractivity contribution in [3.05, 3.63) is 65.6 Å². The minimum absolute atomic E-state index is 0.0144. The van der Waals surface area contributed by atoms with E-state index < -0.39 is 26.8 Å². The minimum atomic E-state index is -4.00. The van der Waals surface area contributed by atoms with Gasteiger partial charge in [0, 0.05) is 16.2 Å². The fraction of sp³-hybridized carbons (Fsp3) is 0.263. The lowest BCUT2D eigenvalue weighted by Crippen LogP contribution is -2.52. The Bertz CT molecular complexity index is 1460. The molecule has 30 heavy (non-hydrogen) atoms. The van der Waals surface area contributed by atoms with Gasteiger partial charge in [0.1, 0.15) is 27.3 Å². The van der Waals surface area contributed by atoms with Crippen molar-refractivity contribution in [3.8, 4) is 0 Å². The molecule has 0 atom stereocenters. The lowest BCUT2D eigenvalue weighted by atomic mass is 10.1. The van der Waals surface area contributed by atoms with Crippen LogP contribution in [0.1, 0.15) is 20.3 Å². The third-order valence-electron chi connectivity index (χ3n) is 4.83. The highest BCUT2D eigenvalue weighted by atomic mass is 127. The molecule has 1 aliphatic heterocycles. The highest BCUT2D eigenvalue weighted by Crippen LogP contribution is 2.28. The first kappa shape index (κ1) is 20.8. The van der Waals surface area contributed by atoms with Gasteiger partial charge in [-0.05, 0) is 53.1 Å². The van der Waals surface area contributed by atoms with E-state index in [1.165, 1.54) is 15.3 Å². The van der Waals surface area contributed by atoms with E-state index in [1.54, 1.807) is 12.1 Å². The summed E-state index contributed by atoms with van der Waals surface area (Å²) in [7, 11) is -4.00. The summed E-state index contributed by atoms with van der Waals surface area (Å²) >= 11 is 1.99. The SMILES string of the molecule is CC(C)CCn1c(=O)c(=C2Nc3ccc(I)cc3S(=O)(=O)N2)c(=O)c2cc(F)cn21. The van der Waals surface area contributed by atoms with E-state index in [9.17, 15) is 22.4 Å². The Labute approximate surface area is 184 Å². The summed E-state index contributed by atoms with van der Waals surface area (Å²) in [6.07, 6.45) is 1.69. The van der Waals surface area contributed by atoms with Gasteiger partial charge in [-0.2, -0.15) is 0 Å². The number of halogens is 2. The van der Waals surface area contributed by atoms with Crippen LogP contribution in [0.15, 0.2) is 44.9 Å². The molecule has 0 fully saturated rings. The van der Waals surface area contributed by atoms with Gasteiger partial charge in [0.2, 0.25) is 5.43 Å². The van der Waals surface area contributed by atoms with Crippen LogP contribution in [0.2, 0.25) is 0 Å². The fourth-order valence-corrected chi connectivity index (χ4v) is 5.26. The largest absolute Gasteiger partial charge is 0.339 e. The van der Waals surface area contributed by atoms with Crippen LogP contribution < -0.4 is 26.2 Å². The molecule has 0 bridgehead atoms. The molecule has 2 N–H and O–H groups in total. The number of hydrogen-bond acceptors (Lipinski definition) is 5. The van der Waals surface area contributed by atoms with Crippen molar-refractivity contribution in [1.29, 1.82) is 0 Å². The van der Waals surface area contributed by atoms with Crippen molar-refractivity contribution >= 4 is 49.6 Å². The molecule has 1 aromatic carbocycles. The number of rotatable bonds is 3. The molecule has 0 saturated heterocycles. The summed E-state index contributed by atoms with van der Waals surface area (Å²) in [4.78, 5) is 26.3. The zero-order valence-corrected chi connectivity index (χ0v) is 19.0. The molecule has 0 amide bonds. The molecular formula is C19H18FIN4O4S. The van der Waals surface area contributed by atoms with Crippen molar-refractivity contribution in [2.45, 2.75) is 31.7 Å². The van der Waals surface area contributed by atoms with Crippen LogP contribution in [-0.4, -0.2) is 17.6 Å². The van der Waals surface area contributed by atoms with Crippen LogP contribution >= 0.6 is 22.6 Å². The van der Waals surface area contributed by atoms with Gasteiger partial charge < -0.3 is 5.32 Å². The second kappa shape index (κ2) is 7.38. The number of anilines is 1. The fourth-order valence-electron chi connectivity index (χ4n) is 3.34. The summed E-state index contributed by atoms with van der Waals surface area (Å²) in [6, 6.07) is 5.78. The first-order chi connectivity index (χ1) is 14.1. The van der Waals surface area contributed by atoms with Crippen LogP contribution in [0.25, 0.3) is 11.3 Å². The second-order valence-corrected chi connectivity index (χ2v) is 10.3. The second-order valence-electron chi connectivity index (χ2n) is 7.45. The topological polar surface area (TPSA) is 102 Å². The van der Waals surface area contributed by atoms with E-state index in [-0.39, 0.29) is 39.6 Å². The lowest BCUT2D eigenvalue weighted by Gasteiger charge is -2.22. The smallest absolute Gasteiger partial charge is 0.280 e. The Hall–Kier alpha value is -2.41. The number of aryl methyl sites for hydroxylation is 1. The molecular weight excluding hydrogens is 526 g/mol. The molecule has 0 saturated carbocycles. The molecule has 2 aromatic heterocycles. The standard InChI is InChI=1S/C19H18FIN4O4S/c1-10(2)5-6-24-19(27)16(17(26)14-7-11(20)9-25(14)24)18-22-13-4-3-12(21)8-15(13)30(28,29)23-18/h3-4,7-10,22-23H,5-6H2,1-2H3.